The topological polar surface area (TPSA) is 42.3 Å². The van der Waals surface area contributed by atoms with Gasteiger partial charge in [0, 0.05) is 21.1 Å². The number of hydrogen-bond donors (Lipinski definition) is 0. The minimum absolute atomic E-state index is 0. The molecule has 0 saturated carbocycles. The summed E-state index contributed by atoms with van der Waals surface area (Å²) in [6.45, 7) is 25.2. The standard InChI is InChI=1S/3C11H16N.CH2Cl2.3ClH.W/c3*1-8(2)12-11-6-9(3)5-10(4)7-11;2-1-3;;;;/h3*5-8H,1-4H3;1H2;3*1H;/q3*-1;;;;;/p-3. The molecule has 0 heterocycles. The van der Waals surface area contributed by atoms with Crippen molar-refractivity contribution in [3.63, 3.8) is 0 Å². The van der Waals surface area contributed by atoms with Crippen LogP contribution >= 0.6 is 23.2 Å². The second kappa shape index (κ2) is 28.7. The first-order valence-electron chi connectivity index (χ1n) is 13.6. The Kier molecular flexibility index (Phi) is 34.5. The van der Waals surface area contributed by atoms with Crippen molar-refractivity contribution in [2.24, 2.45) is 0 Å². The first kappa shape index (κ1) is 51.8. The smallest absolute Gasteiger partial charge is 0.0967 e. The summed E-state index contributed by atoms with van der Waals surface area (Å²) in [7, 11) is 0. The molecule has 0 aromatic heterocycles. The Hall–Kier alpha value is -0.802. The van der Waals surface area contributed by atoms with E-state index in [1.54, 1.807) is 0 Å². The van der Waals surface area contributed by atoms with Gasteiger partial charge in [-0.05, 0) is 41.5 Å². The van der Waals surface area contributed by atoms with Crippen LogP contribution in [0, 0.1) is 41.5 Å². The molecule has 0 aliphatic carbocycles. The summed E-state index contributed by atoms with van der Waals surface area (Å²) in [5, 5.41) is 13.6. The largest absolute Gasteiger partial charge is 1.00 e. The molecule has 0 radical (unpaired) electrons. The van der Waals surface area contributed by atoms with Gasteiger partial charge >= 0.3 is 0 Å². The molecule has 3 nitrogen and oxygen atoms in total. The summed E-state index contributed by atoms with van der Waals surface area (Å²) < 4.78 is 0. The van der Waals surface area contributed by atoms with Crippen LogP contribution in [0.2, 0.25) is 0 Å². The molecule has 0 unspecified atom stereocenters. The van der Waals surface area contributed by atoms with Crippen molar-refractivity contribution in [2.45, 2.75) is 101 Å². The number of hydrogen-bond acceptors (Lipinski definition) is 0. The maximum absolute atomic E-state index is 4.76. The zero-order valence-electron chi connectivity index (χ0n) is 27.8. The summed E-state index contributed by atoms with van der Waals surface area (Å²) >= 11 is 9.53. The van der Waals surface area contributed by atoms with E-state index >= 15 is 0 Å². The van der Waals surface area contributed by atoms with E-state index in [0.29, 0.717) is 18.1 Å². The van der Waals surface area contributed by atoms with Crippen LogP contribution in [0.4, 0.5) is 17.1 Å². The van der Waals surface area contributed by atoms with Gasteiger partial charge in [-0.2, -0.15) is 0 Å². The van der Waals surface area contributed by atoms with Crippen molar-refractivity contribution in [3.8, 4) is 0 Å². The third-order valence-electron chi connectivity index (χ3n) is 4.84. The fourth-order valence-corrected chi connectivity index (χ4v) is 3.97. The summed E-state index contributed by atoms with van der Waals surface area (Å²) in [4.78, 5) is 0. The van der Waals surface area contributed by atoms with Crippen molar-refractivity contribution in [2.75, 3.05) is 5.34 Å². The van der Waals surface area contributed by atoms with E-state index in [-0.39, 0.29) is 63.6 Å². The van der Waals surface area contributed by atoms with Gasteiger partial charge < -0.3 is 53.2 Å². The van der Waals surface area contributed by atoms with Crippen LogP contribution in [-0.2, 0) is 21.1 Å². The Balaban J connectivity index is -0.000000153. The van der Waals surface area contributed by atoms with Crippen molar-refractivity contribution >= 4 is 40.3 Å². The fraction of sp³-hybridized carbons (Fsp3) is 0.471. The van der Waals surface area contributed by atoms with E-state index in [9.17, 15) is 0 Å². The third-order valence-corrected chi connectivity index (χ3v) is 4.84. The molecule has 0 spiro atoms. The van der Waals surface area contributed by atoms with Gasteiger partial charge in [0.15, 0.2) is 0 Å². The monoisotopic (exact) mass is 859 g/mol. The first-order chi connectivity index (χ1) is 18.1. The van der Waals surface area contributed by atoms with Crippen LogP contribution in [0.15, 0.2) is 54.6 Å². The molecule has 0 fully saturated rings. The number of alkyl halides is 2. The molecular formula is C34H50Cl5N3W-6. The molecule has 0 aliphatic rings. The fourth-order valence-electron chi connectivity index (χ4n) is 3.97. The second-order valence-corrected chi connectivity index (χ2v) is 11.6. The van der Waals surface area contributed by atoms with Crippen molar-refractivity contribution in [3.05, 3.63) is 104 Å². The normalized spacial score (nSPS) is 9.14. The maximum atomic E-state index is 4.76. The Morgan fingerprint density at radius 2 is 0.558 bits per heavy atom. The number of rotatable bonds is 6. The van der Waals surface area contributed by atoms with Gasteiger partial charge in [0.05, 0.1) is 5.34 Å². The molecule has 9 heteroatoms. The molecule has 0 bridgehead atoms. The van der Waals surface area contributed by atoms with Gasteiger partial charge in [-0.15, -0.1) is 58.4 Å². The molecule has 0 saturated heterocycles. The Bertz CT molecular complexity index is 912. The summed E-state index contributed by atoms with van der Waals surface area (Å²) in [6.07, 6.45) is 0. The Morgan fingerprint density at radius 1 is 0.419 bits per heavy atom. The molecule has 3 aromatic rings. The number of aryl methyl sites for hydroxylation is 6. The minimum Gasteiger partial charge on any atom is -1.00 e. The van der Waals surface area contributed by atoms with E-state index in [1.807, 2.05) is 0 Å². The third kappa shape index (κ3) is 28.4. The van der Waals surface area contributed by atoms with Gasteiger partial charge in [0.1, 0.15) is 0 Å². The molecule has 0 N–H and O–H groups in total. The quantitative estimate of drug-likeness (QED) is 0.341. The minimum atomic E-state index is 0. The number of nitrogens with zero attached hydrogens (tertiary/aromatic N) is 3. The molecule has 248 valence electrons. The maximum Gasteiger partial charge on any atom is 0.0967 e. The zero-order valence-corrected chi connectivity index (χ0v) is 34.5. The average Bonchev–Trinajstić information content (AvgIpc) is 2.71. The molecule has 0 aliphatic heterocycles. The van der Waals surface area contributed by atoms with Crippen LogP contribution in [0.1, 0.15) is 74.9 Å². The molecule has 43 heavy (non-hydrogen) atoms. The summed E-state index contributed by atoms with van der Waals surface area (Å²) in [6, 6.07) is 20.3. The van der Waals surface area contributed by atoms with E-state index in [0.717, 1.165) is 17.1 Å². The molecular weight excluding hydrogens is 812 g/mol. The first-order valence-corrected chi connectivity index (χ1v) is 14.7. The van der Waals surface area contributed by atoms with E-state index in [2.05, 4.69) is 154 Å². The predicted molar refractivity (Wildman–Crippen MR) is 179 cm³/mol. The van der Waals surface area contributed by atoms with E-state index in [1.165, 1.54) is 33.4 Å². The SMILES string of the molecule is Cc1cc(C)cc([N-]C(C)C)c1.Cc1cc(C)cc([N-]C(C)C)c1.Cc1cc(C)cc([N-]C(C)C)c1.ClCCl.[Cl-].[Cl-].[Cl-].[W]. The Morgan fingerprint density at radius 3 is 0.674 bits per heavy atom. The Labute approximate surface area is 307 Å². The van der Waals surface area contributed by atoms with Gasteiger partial charge in [-0.25, -0.2) is 0 Å². The van der Waals surface area contributed by atoms with E-state index < -0.39 is 0 Å². The number of benzene rings is 3. The predicted octanol–water partition coefficient (Wildman–Crippen LogP) is 3.58. The van der Waals surface area contributed by atoms with E-state index in [4.69, 9.17) is 23.2 Å². The van der Waals surface area contributed by atoms with Gasteiger partial charge in [-0.1, -0.05) is 130 Å². The van der Waals surface area contributed by atoms with Crippen LogP contribution < -0.4 is 37.2 Å². The van der Waals surface area contributed by atoms with Crippen LogP contribution in [0.5, 0.6) is 0 Å². The average molecular weight is 862 g/mol. The number of halogens is 5. The summed E-state index contributed by atoms with van der Waals surface area (Å²) in [5.74, 6) is 0. The van der Waals surface area contributed by atoms with Crippen LogP contribution in [0.3, 0.4) is 0 Å². The van der Waals surface area contributed by atoms with Gasteiger partial charge in [0.25, 0.3) is 0 Å². The van der Waals surface area contributed by atoms with Gasteiger partial charge in [-0.3, -0.25) is 0 Å². The molecule has 3 rings (SSSR count). The summed E-state index contributed by atoms with van der Waals surface area (Å²) in [5.41, 5.74) is 11.0. The van der Waals surface area contributed by atoms with Crippen LogP contribution in [-0.4, -0.2) is 23.5 Å². The van der Waals surface area contributed by atoms with Crippen molar-refractivity contribution in [1.29, 1.82) is 0 Å². The second-order valence-electron chi connectivity index (χ2n) is 10.8. The van der Waals surface area contributed by atoms with Crippen molar-refractivity contribution < 1.29 is 58.3 Å². The molecule has 0 atom stereocenters. The van der Waals surface area contributed by atoms with Gasteiger partial charge in [0.2, 0.25) is 0 Å². The van der Waals surface area contributed by atoms with Crippen molar-refractivity contribution in [1.82, 2.24) is 0 Å². The molecule has 0 amide bonds. The molecule has 3 aromatic carbocycles. The van der Waals surface area contributed by atoms with Crippen LogP contribution in [0.25, 0.3) is 16.0 Å². The zero-order chi connectivity index (χ0) is 30.1.